The summed E-state index contributed by atoms with van der Waals surface area (Å²) in [6, 6.07) is 0. The molecule has 6 saturated carbocycles. The lowest BCUT2D eigenvalue weighted by atomic mass is 10.0. The Bertz CT molecular complexity index is 445. The van der Waals surface area contributed by atoms with Crippen molar-refractivity contribution < 1.29 is 0 Å². The SMILES string of the molecule is C1CCCCC1.C1CCCCC1.C1CCCCCCC1.C1CCCCCCCCC1.C1CCCCCCCCCCCCC1.C1CCCCCCCCCCCCC1. The van der Waals surface area contributed by atoms with Gasteiger partial charge in [-0.05, 0) is 0 Å². The molecule has 0 aromatic carbocycles. The maximum atomic E-state index is 1.50. The monoisotopic (exact) mass is 813 g/mol. The van der Waals surface area contributed by atoms with E-state index in [9.17, 15) is 0 Å². The first-order chi connectivity index (χ1) is 29.0. The van der Waals surface area contributed by atoms with Gasteiger partial charge in [0.25, 0.3) is 0 Å². The molecule has 0 radical (unpaired) electrons. The van der Waals surface area contributed by atoms with Gasteiger partial charge in [0.2, 0.25) is 0 Å². The van der Waals surface area contributed by atoms with Crippen LogP contribution in [0, 0.1) is 0 Å². The van der Waals surface area contributed by atoms with Crippen molar-refractivity contribution in [3.05, 3.63) is 0 Å². The van der Waals surface area contributed by atoms with Gasteiger partial charge in [-0.3, -0.25) is 0 Å². The highest BCUT2D eigenvalue weighted by Crippen LogP contribution is 2.20. The first kappa shape index (κ1) is 56.0. The van der Waals surface area contributed by atoms with Crippen LogP contribution in [0.5, 0.6) is 0 Å². The zero-order chi connectivity index (χ0) is 41.0. The number of hydrogen-bond acceptors (Lipinski definition) is 0. The van der Waals surface area contributed by atoms with Gasteiger partial charge in [0.05, 0.1) is 0 Å². The van der Waals surface area contributed by atoms with E-state index in [-0.39, 0.29) is 0 Å². The minimum Gasteiger partial charge on any atom is -0.0533 e. The van der Waals surface area contributed by atoms with Crippen LogP contribution in [-0.2, 0) is 0 Å². The van der Waals surface area contributed by atoms with Gasteiger partial charge in [-0.1, -0.05) is 372 Å². The Kier molecular flexibility index (Phi) is 51.3. The molecule has 0 heteroatoms. The van der Waals surface area contributed by atoms with Crippen LogP contribution in [0.2, 0.25) is 0 Å². The van der Waals surface area contributed by atoms with Gasteiger partial charge < -0.3 is 0 Å². The fourth-order valence-corrected chi connectivity index (χ4v) is 10.3. The molecule has 0 nitrogen and oxygen atoms in total. The molecule has 6 aliphatic carbocycles. The van der Waals surface area contributed by atoms with E-state index in [1.165, 1.54) is 372 Å². The van der Waals surface area contributed by atoms with Crippen molar-refractivity contribution in [3.8, 4) is 0 Å². The predicted molar refractivity (Wildman–Crippen MR) is 268 cm³/mol. The van der Waals surface area contributed by atoms with Crippen LogP contribution in [-0.4, -0.2) is 0 Å². The van der Waals surface area contributed by atoms with Crippen LogP contribution < -0.4 is 0 Å². The van der Waals surface area contributed by atoms with E-state index in [0.29, 0.717) is 0 Å². The second kappa shape index (κ2) is 53.1. The van der Waals surface area contributed by atoms with E-state index in [2.05, 4.69) is 0 Å². The van der Waals surface area contributed by atoms with Gasteiger partial charge in [-0.2, -0.15) is 0 Å². The Morgan fingerprint density at radius 3 is 0.0690 bits per heavy atom. The molecule has 6 fully saturated rings. The van der Waals surface area contributed by atoms with Crippen molar-refractivity contribution >= 4 is 0 Å². The summed E-state index contributed by atoms with van der Waals surface area (Å²) >= 11 is 0. The summed E-state index contributed by atoms with van der Waals surface area (Å²) in [4.78, 5) is 0. The summed E-state index contributed by atoms with van der Waals surface area (Å²) in [6.07, 6.45) is 87.0. The van der Waals surface area contributed by atoms with Gasteiger partial charge in [0, 0.05) is 0 Å². The minimum absolute atomic E-state index is 1.50. The highest BCUT2D eigenvalue weighted by atomic mass is 14.1. The summed E-state index contributed by atoms with van der Waals surface area (Å²) in [5, 5.41) is 0. The molecule has 0 heterocycles. The third-order valence-corrected chi connectivity index (χ3v) is 14.5. The first-order valence-electron chi connectivity index (χ1n) is 29.0. The second-order valence-electron chi connectivity index (χ2n) is 20.5. The van der Waals surface area contributed by atoms with Crippen molar-refractivity contribution in [3.63, 3.8) is 0 Å². The zero-order valence-corrected chi connectivity index (χ0v) is 41.0. The Balaban J connectivity index is 0.000000358. The van der Waals surface area contributed by atoms with E-state index < -0.39 is 0 Å². The maximum absolute atomic E-state index is 1.50. The first-order valence-corrected chi connectivity index (χ1v) is 29.0. The normalized spacial score (nSPS) is 24.0. The second-order valence-corrected chi connectivity index (χ2v) is 20.5. The summed E-state index contributed by atoms with van der Waals surface area (Å²) in [5.41, 5.74) is 0. The average molecular weight is 814 g/mol. The van der Waals surface area contributed by atoms with Crippen molar-refractivity contribution in [2.75, 3.05) is 0 Å². The summed E-state index contributed by atoms with van der Waals surface area (Å²) in [6.45, 7) is 0. The van der Waals surface area contributed by atoms with Gasteiger partial charge in [-0.15, -0.1) is 0 Å². The van der Waals surface area contributed by atoms with E-state index in [1.54, 1.807) is 0 Å². The average Bonchev–Trinajstić information content (AvgIpc) is 3.27. The van der Waals surface area contributed by atoms with Crippen molar-refractivity contribution in [1.29, 1.82) is 0 Å². The predicted octanol–water partition coefficient (Wildman–Crippen LogP) is 22.6. The lowest BCUT2D eigenvalue weighted by Gasteiger charge is -2.05. The molecule has 0 N–H and O–H groups in total. The molecule has 348 valence electrons. The lowest BCUT2D eigenvalue weighted by molar-refractivity contribution is 0.504. The van der Waals surface area contributed by atoms with E-state index in [1.807, 2.05) is 0 Å². The van der Waals surface area contributed by atoms with Crippen LogP contribution in [0.4, 0.5) is 0 Å². The molecule has 0 aliphatic heterocycles. The Hall–Kier alpha value is 0. The number of hydrogen-bond donors (Lipinski definition) is 0. The molecule has 6 rings (SSSR count). The molecule has 0 unspecified atom stereocenters. The highest BCUT2D eigenvalue weighted by Gasteiger charge is 2.00. The molecule has 0 atom stereocenters. The van der Waals surface area contributed by atoms with Gasteiger partial charge in [-0.25, -0.2) is 0 Å². The van der Waals surface area contributed by atoms with Crippen molar-refractivity contribution in [2.45, 2.75) is 372 Å². The van der Waals surface area contributed by atoms with E-state index >= 15 is 0 Å². The molecule has 0 aromatic heterocycles. The summed E-state index contributed by atoms with van der Waals surface area (Å²) in [5.74, 6) is 0. The fourth-order valence-electron chi connectivity index (χ4n) is 10.3. The van der Waals surface area contributed by atoms with Crippen LogP contribution in [0.1, 0.15) is 372 Å². The Morgan fingerprint density at radius 2 is 0.0517 bits per heavy atom. The minimum atomic E-state index is 1.50. The van der Waals surface area contributed by atoms with E-state index in [0.717, 1.165) is 0 Å². The fraction of sp³-hybridized carbons (Fsp3) is 1.00. The molecule has 0 spiro atoms. The van der Waals surface area contributed by atoms with Gasteiger partial charge in [0.1, 0.15) is 0 Å². The summed E-state index contributed by atoms with van der Waals surface area (Å²) < 4.78 is 0. The molecular formula is C58H116. The highest BCUT2D eigenvalue weighted by molar-refractivity contribution is 4.56. The maximum Gasteiger partial charge on any atom is -0.0533 e. The zero-order valence-electron chi connectivity index (χ0n) is 41.0. The number of rotatable bonds is 0. The topological polar surface area (TPSA) is 0 Å². The quantitative estimate of drug-likeness (QED) is 0.229. The molecule has 0 bridgehead atoms. The smallest absolute Gasteiger partial charge is 0.0533 e. The third kappa shape index (κ3) is 50.4. The van der Waals surface area contributed by atoms with Crippen LogP contribution >= 0.6 is 0 Å². The van der Waals surface area contributed by atoms with Crippen molar-refractivity contribution in [2.24, 2.45) is 0 Å². The summed E-state index contributed by atoms with van der Waals surface area (Å²) in [7, 11) is 0. The van der Waals surface area contributed by atoms with E-state index in [4.69, 9.17) is 0 Å². The molecule has 58 heavy (non-hydrogen) atoms. The van der Waals surface area contributed by atoms with Gasteiger partial charge >= 0.3 is 0 Å². The molecule has 6 aliphatic rings. The molecule has 0 amide bonds. The third-order valence-electron chi connectivity index (χ3n) is 14.5. The standard InChI is InChI=1S/2C14H28.C10H20.C8H16.2C6H12/c2*1-2-4-6-8-10-12-14-13-11-9-7-5-3-1;1-2-4-6-8-10-9-7-5-3-1;1-2-4-6-8-7-5-3-1;2*1-2-4-6-5-3-1/h2*1-14H2;1-10H2;1-8H2;2*1-6H2. The van der Waals surface area contributed by atoms with Crippen molar-refractivity contribution in [1.82, 2.24) is 0 Å². The van der Waals surface area contributed by atoms with Crippen LogP contribution in [0.3, 0.4) is 0 Å². The molecule has 0 saturated heterocycles. The Morgan fingerprint density at radius 1 is 0.0345 bits per heavy atom. The Labute approximate surface area is 371 Å². The molecular weight excluding hydrogens is 697 g/mol. The molecule has 0 aromatic rings. The van der Waals surface area contributed by atoms with Crippen LogP contribution in [0.25, 0.3) is 0 Å². The van der Waals surface area contributed by atoms with Crippen LogP contribution in [0.15, 0.2) is 0 Å². The van der Waals surface area contributed by atoms with Gasteiger partial charge in [0.15, 0.2) is 0 Å². The lowest BCUT2D eigenvalue weighted by Crippen LogP contribution is -1.85. The largest absolute Gasteiger partial charge is 0.0533 e.